The molecule has 0 aliphatic heterocycles. The summed E-state index contributed by atoms with van der Waals surface area (Å²) in [6.07, 6.45) is 1.58. The van der Waals surface area contributed by atoms with Gasteiger partial charge in [-0.25, -0.2) is 4.39 Å². The summed E-state index contributed by atoms with van der Waals surface area (Å²) in [6, 6.07) is 9.97. The molecule has 0 radical (unpaired) electrons. The third kappa shape index (κ3) is 5.90. The zero-order chi connectivity index (χ0) is 23.1. The van der Waals surface area contributed by atoms with Crippen LogP contribution in [0, 0.1) is 11.7 Å². The number of aromatic nitrogens is 3. The largest absolute Gasteiger partial charge is 0.481 e. The Balaban J connectivity index is 1.81. The van der Waals surface area contributed by atoms with Crippen LogP contribution in [0.25, 0.3) is 21.6 Å². The number of aliphatic carboxylic acids is 1. The lowest BCUT2D eigenvalue weighted by Crippen LogP contribution is -2.24. The van der Waals surface area contributed by atoms with Gasteiger partial charge in [0.15, 0.2) is 5.78 Å². The molecule has 3 rings (SSSR count). The molecule has 32 heavy (non-hydrogen) atoms. The van der Waals surface area contributed by atoms with Gasteiger partial charge in [0, 0.05) is 21.9 Å². The number of Topliss-reactive ketones (excluding diaryl/α,β-unsaturated/α-hetero) is 1. The molecule has 2 N–H and O–H groups in total. The topological polar surface area (TPSA) is 145 Å². The van der Waals surface area contributed by atoms with E-state index in [1.54, 1.807) is 24.3 Å². The van der Waals surface area contributed by atoms with E-state index in [9.17, 15) is 19.1 Å². The summed E-state index contributed by atoms with van der Waals surface area (Å²) in [5.74, 6) is -2.43. The smallest absolute Gasteiger partial charge is 0.312 e. The van der Waals surface area contributed by atoms with E-state index in [-0.39, 0.29) is 24.3 Å². The van der Waals surface area contributed by atoms with Crippen molar-refractivity contribution in [3.8, 4) is 11.1 Å². The van der Waals surface area contributed by atoms with Gasteiger partial charge in [-0.3, -0.25) is 9.59 Å². The fraction of sp³-hybridized carbons (Fsp3) is 0.238. The van der Waals surface area contributed by atoms with E-state index in [0.29, 0.717) is 22.6 Å². The van der Waals surface area contributed by atoms with Crippen LogP contribution in [-0.2, 0) is 11.2 Å². The molecule has 2 atom stereocenters. The molecule has 11 heteroatoms. The fourth-order valence-corrected chi connectivity index (χ4v) is 3.56. The molecule has 0 amide bonds. The van der Waals surface area contributed by atoms with Crippen molar-refractivity contribution in [3.05, 3.63) is 81.2 Å². The van der Waals surface area contributed by atoms with Gasteiger partial charge in [0.1, 0.15) is 17.6 Å². The number of benzene rings is 2. The summed E-state index contributed by atoms with van der Waals surface area (Å²) >= 11 is 5.96. The predicted molar refractivity (Wildman–Crippen MR) is 115 cm³/mol. The van der Waals surface area contributed by atoms with Crippen molar-refractivity contribution < 1.29 is 19.1 Å². The summed E-state index contributed by atoms with van der Waals surface area (Å²) in [6.45, 7) is 0. The SMILES string of the molecule is [N-]=[N+]=N[C@H](C[C@H](CC(=O)c1cn[nH]n1)Cc1ccc(-c2cc(Cl)ccc2F)cc1)C(=O)O. The number of aromatic amines is 1. The average Bonchev–Trinajstić information content (AvgIpc) is 3.31. The molecule has 1 heterocycles. The standard InChI is InChI=1S/C21H18ClFN6O3/c22-15-5-6-17(23)16(10-15)14-3-1-12(2-4-14)7-13(8-18(21(31)32)26-28-24)9-20(30)19-11-25-29-27-19/h1-6,10-11,13,18H,7-9H2,(H,31,32)(H,25,27,29)/t13-,18-/m1/s1. The van der Waals surface area contributed by atoms with Crippen LogP contribution in [0.2, 0.25) is 5.02 Å². The van der Waals surface area contributed by atoms with Gasteiger partial charge >= 0.3 is 5.97 Å². The summed E-state index contributed by atoms with van der Waals surface area (Å²) in [4.78, 5) is 26.5. The zero-order valence-corrected chi connectivity index (χ0v) is 17.4. The minimum Gasteiger partial charge on any atom is -0.481 e. The fourth-order valence-electron chi connectivity index (χ4n) is 3.39. The minimum atomic E-state index is -1.31. The van der Waals surface area contributed by atoms with Crippen LogP contribution >= 0.6 is 11.6 Å². The van der Waals surface area contributed by atoms with Crippen LogP contribution in [0.4, 0.5) is 4.39 Å². The molecule has 2 aromatic carbocycles. The molecule has 164 valence electrons. The molecule has 0 aliphatic carbocycles. The average molecular weight is 457 g/mol. The number of halogens is 2. The van der Waals surface area contributed by atoms with Crippen molar-refractivity contribution in [1.82, 2.24) is 15.4 Å². The first-order valence-corrected chi connectivity index (χ1v) is 9.95. The first kappa shape index (κ1) is 22.9. The highest BCUT2D eigenvalue weighted by Crippen LogP contribution is 2.28. The van der Waals surface area contributed by atoms with E-state index in [2.05, 4.69) is 25.4 Å². The third-order valence-electron chi connectivity index (χ3n) is 4.93. The Morgan fingerprint density at radius 2 is 2.00 bits per heavy atom. The molecule has 1 aromatic heterocycles. The third-order valence-corrected chi connectivity index (χ3v) is 5.16. The molecule has 0 unspecified atom stereocenters. The predicted octanol–water partition coefficient (Wildman–Crippen LogP) is 4.85. The Labute approximate surface area is 186 Å². The summed E-state index contributed by atoms with van der Waals surface area (Å²) in [5.41, 5.74) is 10.6. The maximum Gasteiger partial charge on any atom is 0.312 e. The number of nitrogens with zero attached hydrogens (tertiary/aromatic N) is 5. The van der Waals surface area contributed by atoms with Crippen molar-refractivity contribution in [2.75, 3.05) is 0 Å². The number of carboxylic acids is 1. The van der Waals surface area contributed by atoms with Gasteiger partial charge < -0.3 is 5.11 Å². The maximum absolute atomic E-state index is 14.1. The first-order chi connectivity index (χ1) is 15.4. The van der Waals surface area contributed by atoms with Gasteiger partial charge in [-0.2, -0.15) is 15.4 Å². The Morgan fingerprint density at radius 1 is 1.25 bits per heavy atom. The highest BCUT2D eigenvalue weighted by Gasteiger charge is 2.25. The molecule has 0 aliphatic rings. The van der Waals surface area contributed by atoms with Gasteiger partial charge in [0.25, 0.3) is 0 Å². The van der Waals surface area contributed by atoms with Crippen molar-refractivity contribution in [2.45, 2.75) is 25.3 Å². The van der Waals surface area contributed by atoms with Crippen molar-refractivity contribution in [3.63, 3.8) is 0 Å². The zero-order valence-electron chi connectivity index (χ0n) is 16.7. The van der Waals surface area contributed by atoms with Gasteiger partial charge in [-0.05, 0) is 53.6 Å². The molecule has 0 saturated heterocycles. The van der Waals surface area contributed by atoms with E-state index < -0.39 is 23.7 Å². The first-order valence-electron chi connectivity index (χ1n) is 9.57. The number of carbonyl (C=O) groups is 2. The quantitative estimate of drug-likeness (QED) is 0.194. The second-order valence-corrected chi connectivity index (χ2v) is 7.60. The lowest BCUT2D eigenvalue weighted by Gasteiger charge is -2.18. The van der Waals surface area contributed by atoms with E-state index >= 15 is 0 Å². The van der Waals surface area contributed by atoms with Crippen LogP contribution in [0.3, 0.4) is 0 Å². The molecule has 0 bridgehead atoms. The Hall–Kier alpha value is -3.75. The lowest BCUT2D eigenvalue weighted by atomic mass is 9.87. The normalized spacial score (nSPS) is 12.6. The van der Waals surface area contributed by atoms with E-state index in [1.807, 2.05) is 0 Å². The number of hydrogen-bond donors (Lipinski definition) is 2. The second kappa shape index (κ2) is 10.5. The summed E-state index contributed by atoms with van der Waals surface area (Å²) in [5, 5.41) is 22.8. The maximum atomic E-state index is 14.1. The minimum absolute atomic E-state index is 0.0120. The summed E-state index contributed by atoms with van der Waals surface area (Å²) < 4.78 is 14.1. The van der Waals surface area contributed by atoms with E-state index in [1.165, 1.54) is 24.4 Å². The number of ketones is 1. The monoisotopic (exact) mass is 456 g/mol. The van der Waals surface area contributed by atoms with Gasteiger partial charge in [-0.1, -0.05) is 41.0 Å². The Bertz CT molecular complexity index is 1140. The molecule has 0 spiro atoms. The number of azide groups is 1. The van der Waals surface area contributed by atoms with Crippen LogP contribution in [-0.4, -0.2) is 38.3 Å². The highest BCUT2D eigenvalue weighted by atomic mass is 35.5. The molecule has 0 saturated carbocycles. The van der Waals surface area contributed by atoms with Crippen LogP contribution in [0.1, 0.15) is 28.9 Å². The van der Waals surface area contributed by atoms with Crippen molar-refractivity contribution in [2.24, 2.45) is 11.0 Å². The summed E-state index contributed by atoms with van der Waals surface area (Å²) in [7, 11) is 0. The van der Waals surface area contributed by atoms with Crippen molar-refractivity contribution >= 4 is 23.4 Å². The van der Waals surface area contributed by atoms with Crippen LogP contribution in [0.15, 0.2) is 53.8 Å². The number of H-pyrrole nitrogens is 1. The van der Waals surface area contributed by atoms with Crippen LogP contribution in [0.5, 0.6) is 0 Å². The molecular weight excluding hydrogens is 439 g/mol. The number of carbonyl (C=O) groups excluding carboxylic acids is 1. The molecule has 0 fully saturated rings. The lowest BCUT2D eigenvalue weighted by molar-refractivity contribution is -0.138. The Morgan fingerprint density at radius 3 is 2.62 bits per heavy atom. The number of nitrogens with one attached hydrogen (secondary N) is 1. The second-order valence-electron chi connectivity index (χ2n) is 7.17. The molecule has 9 nitrogen and oxygen atoms in total. The van der Waals surface area contributed by atoms with Gasteiger partial charge in [0.2, 0.25) is 0 Å². The van der Waals surface area contributed by atoms with E-state index in [4.69, 9.17) is 17.1 Å². The number of hydrogen-bond acceptors (Lipinski definition) is 5. The van der Waals surface area contributed by atoms with E-state index in [0.717, 1.165) is 5.56 Å². The van der Waals surface area contributed by atoms with Gasteiger partial charge in [-0.15, -0.1) is 0 Å². The van der Waals surface area contributed by atoms with Crippen LogP contribution < -0.4 is 0 Å². The highest BCUT2D eigenvalue weighted by molar-refractivity contribution is 6.30. The van der Waals surface area contributed by atoms with Gasteiger partial charge in [0.05, 0.1) is 6.20 Å². The van der Waals surface area contributed by atoms with Crippen molar-refractivity contribution in [1.29, 1.82) is 0 Å². The number of rotatable bonds is 10. The number of carboxylic acid groups (broad SMARTS) is 1. The molecular formula is C21H18ClFN6O3. The molecule has 3 aromatic rings. The Kier molecular flexibility index (Phi) is 7.54.